The van der Waals surface area contributed by atoms with Gasteiger partial charge in [-0.15, -0.1) is 24.0 Å². The summed E-state index contributed by atoms with van der Waals surface area (Å²) >= 11 is 0. The first kappa shape index (κ1) is 21.1. The van der Waals surface area contributed by atoms with Crippen LogP contribution in [-0.4, -0.2) is 37.5 Å². The van der Waals surface area contributed by atoms with Gasteiger partial charge in [-0.1, -0.05) is 6.07 Å². The average Bonchev–Trinajstić information content (AvgIpc) is 2.38. The lowest BCUT2D eigenvalue weighted by Gasteiger charge is -2.14. The number of benzene rings is 1. The molecular weight excluding hydrogens is 394 g/mol. The lowest BCUT2D eigenvalue weighted by atomic mass is 10.1. The Labute approximate surface area is 150 Å². The van der Waals surface area contributed by atoms with Gasteiger partial charge in [0.15, 0.2) is 5.96 Å². The quantitative estimate of drug-likeness (QED) is 0.421. The van der Waals surface area contributed by atoms with Crippen LogP contribution in [0.5, 0.6) is 0 Å². The Hall–Kier alpha value is -0.890. The summed E-state index contributed by atoms with van der Waals surface area (Å²) in [7, 11) is 3.86. The molecule has 0 heterocycles. The molecule has 0 unspecified atom stereocenters. The zero-order chi connectivity index (χ0) is 15.8. The van der Waals surface area contributed by atoms with Gasteiger partial charge in [0.2, 0.25) is 0 Å². The third kappa shape index (κ3) is 7.93. The van der Waals surface area contributed by atoms with Crippen LogP contribution >= 0.6 is 24.0 Å². The minimum absolute atomic E-state index is 0. The van der Waals surface area contributed by atoms with E-state index in [4.69, 9.17) is 0 Å². The van der Waals surface area contributed by atoms with Gasteiger partial charge < -0.3 is 15.5 Å². The van der Waals surface area contributed by atoms with Crippen molar-refractivity contribution in [2.75, 3.05) is 20.6 Å². The van der Waals surface area contributed by atoms with Crippen molar-refractivity contribution in [3.63, 3.8) is 0 Å². The fourth-order valence-electron chi connectivity index (χ4n) is 1.95. The van der Waals surface area contributed by atoms with Crippen LogP contribution in [-0.2, 0) is 13.1 Å². The molecule has 2 N–H and O–H groups in total. The molecule has 0 bridgehead atoms. The third-order valence-corrected chi connectivity index (χ3v) is 2.79. The second-order valence-corrected chi connectivity index (χ2v) is 5.66. The standard InChI is InChI=1S/C16H27FN4.HI/c1-6-18-16(20-12(2)3)19-10-13-7-8-15(17)14(9-13)11-21(4)5;/h7-9,12H,6,10-11H2,1-5H3,(H2,18,19,20);1H. The molecule has 4 nitrogen and oxygen atoms in total. The van der Waals surface area contributed by atoms with Crippen LogP contribution in [0.15, 0.2) is 23.2 Å². The summed E-state index contributed by atoms with van der Waals surface area (Å²) in [6.45, 7) is 8.11. The fourth-order valence-corrected chi connectivity index (χ4v) is 1.95. The van der Waals surface area contributed by atoms with E-state index < -0.39 is 0 Å². The van der Waals surface area contributed by atoms with Gasteiger partial charge in [0.05, 0.1) is 6.54 Å². The number of hydrogen-bond acceptors (Lipinski definition) is 2. The van der Waals surface area contributed by atoms with Crippen molar-refractivity contribution in [2.24, 2.45) is 4.99 Å². The Kier molecular flexibility index (Phi) is 10.3. The molecule has 0 aliphatic carbocycles. The van der Waals surface area contributed by atoms with Crippen LogP contribution in [0.25, 0.3) is 0 Å². The first-order chi connectivity index (χ1) is 9.92. The zero-order valence-electron chi connectivity index (χ0n) is 14.1. The third-order valence-electron chi connectivity index (χ3n) is 2.79. The average molecular weight is 422 g/mol. The van der Waals surface area contributed by atoms with Gasteiger partial charge in [-0.25, -0.2) is 9.38 Å². The summed E-state index contributed by atoms with van der Waals surface area (Å²) in [5.74, 6) is 0.620. The van der Waals surface area contributed by atoms with Gasteiger partial charge in [0.1, 0.15) is 5.82 Å². The molecule has 0 aliphatic rings. The summed E-state index contributed by atoms with van der Waals surface area (Å²) < 4.78 is 13.7. The molecule has 0 amide bonds. The zero-order valence-corrected chi connectivity index (χ0v) is 16.4. The number of nitrogens with one attached hydrogen (secondary N) is 2. The summed E-state index contributed by atoms with van der Waals surface area (Å²) in [5.41, 5.74) is 1.71. The van der Waals surface area contributed by atoms with Crippen LogP contribution in [0.2, 0.25) is 0 Å². The maximum Gasteiger partial charge on any atom is 0.191 e. The fraction of sp³-hybridized carbons (Fsp3) is 0.562. The van der Waals surface area contributed by atoms with Crippen LogP contribution in [0, 0.1) is 5.82 Å². The number of rotatable bonds is 6. The monoisotopic (exact) mass is 422 g/mol. The van der Waals surface area contributed by atoms with Crippen LogP contribution in [0.4, 0.5) is 4.39 Å². The Balaban J connectivity index is 0.00000441. The van der Waals surface area contributed by atoms with Crippen LogP contribution in [0.3, 0.4) is 0 Å². The second kappa shape index (κ2) is 10.8. The minimum Gasteiger partial charge on any atom is -0.357 e. The molecule has 0 saturated heterocycles. The normalized spacial score (nSPS) is 11.5. The van der Waals surface area contributed by atoms with E-state index in [1.807, 2.05) is 32.0 Å². The summed E-state index contributed by atoms with van der Waals surface area (Å²) in [6.07, 6.45) is 0. The van der Waals surface area contributed by atoms with Crippen molar-refractivity contribution >= 4 is 29.9 Å². The number of aliphatic imine (C=N–C) groups is 1. The van der Waals surface area contributed by atoms with Crippen LogP contribution in [0.1, 0.15) is 31.9 Å². The van der Waals surface area contributed by atoms with Crippen LogP contribution < -0.4 is 10.6 Å². The molecule has 22 heavy (non-hydrogen) atoms. The van der Waals surface area contributed by atoms with Gasteiger partial charge in [0.25, 0.3) is 0 Å². The highest BCUT2D eigenvalue weighted by atomic mass is 127. The van der Waals surface area contributed by atoms with Crippen molar-refractivity contribution in [1.82, 2.24) is 15.5 Å². The molecular formula is C16H28FIN4. The highest BCUT2D eigenvalue weighted by Gasteiger charge is 2.05. The van der Waals surface area contributed by atoms with Crippen molar-refractivity contribution in [3.05, 3.63) is 35.1 Å². The lowest BCUT2D eigenvalue weighted by Crippen LogP contribution is -2.41. The number of nitrogens with zero attached hydrogens (tertiary/aromatic N) is 2. The first-order valence-electron chi connectivity index (χ1n) is 7.39. The van der Waals surface area contributed by atoms with E-state index >= 15 is 0 Å². The molecule has 1 aromatic carbocycles. The molecule has 0 aliphatic heterocycles. The number of hydrogen-bond donors (Lipinski definition) is 2. The van der Waals surface area contributed by atoms with E-state index in [2.05, 4.69) is 29.5 Å². The van der Waals surface area contributed by atoms with E-state index in [1.165, 1.54) is 6.07 Å². The minimum atomic E-state index is -0.163. The van der Waals surface area contributed by atoms with Crippen molar-refractivity contribution < 1.29 is 4.39 Å². The first-order valence-corrected chi connectivity index (χ1v) is 7.39. The lowest BCUT2D eigenvalue weighted by molar-refractivity contribution is 0.392. The molecule has 6 heteroatoms. The van der Waals surface area contributed by atoms with Gasteiger partial charge in [0, 0.05) is 24.7 Å². The summed E-state index contributed by atoms with van der Waals surface area (Å²) in [5, 5.41) is 6.46. The van der Waals surface area contributed by atoms with Gasteiger partial charge in [-0.05, 0) is 52.6 Å². The van der Waals surface area contributed by atoms with E-state index in [9.17, 15) is 4.39 Å². The second-order valence-electron chi connectivity index (χ2n) is 5.66. The van der Waals surface area contributed by atoms with Gasteiger partial charge in [-0.2, -0.15) is 0 Å². The predicted octanol–water partition coefficient (Wildman–Crippen LogP) is 2.97. The van der Waals surface area contributed by atoms with E-state index in [1.54, 1.807) is 6.07 Å². The maximum absolute atomic E-state index is 13.7. The Morgan fingerprint density at radius 3 is 2.55 bits per heavy atom. The highest BCUT2D eigenvalue weighted by molar-refractivity contribution is 14.0. The van der Waals surface area contributed by atoms with Crippen molar-refractivity contribution in [2.45, 2.75) is 39.9 Å². The molecule has 0 atom stereocenters. The molecule has 126 valence electrons. The molecule has 0 fully saturated rings. The van der Waals surface area contributed by atoms with E-state index in [0.717, 1.165) is 18.1 Å². The van der Waals surface area contributed by atoms with Crippen molar-refractivity contribution in [3.8, 4) is 0 Å². The SMILES string of the molecule is CCNC(=NCc1ccc(F)c(CN(C)C)c1)NC(C)C.I. The van der Waals surface area contributed by atoms with E-state index in [-0.39, 0.29) is 29.8 Å². The molecule has 0 radical (unpaired) electrons. The number of guanidine groups is 1. The predicted molar refractivity (Wildman–Crippen MR) is 102 cm³/mol. The summed E-state index contributed by atoms with van der Waals surface area (Å²) in [6, 6.07) is 5.52. The smallest absolute Gasteiger partial charge is 0.191 e. The summed E-state index contributed by atoms with van der Waals surface area (Å²) in [4.78, 5) is 6.49. The molecule has 0 spiro atoms. The molecule has 0 aromatic heterocycles. The van der Waals surface area contributed by atoms with Gasteiger partial charge in [-0.3, -0.25) is 0 Å². The van der Waals surface area contributed by atoms with Gasteiger partial charge >= 0.3 is 0 Å². The maximum atomic E-state index is 13.7. The highest BCUT2D eigenvalue weighted by Crippen LogP contribution is 2.13. The molecule has 1 rings (SSSR count). The Morgan fingerprint density at radius 1 is 1.32 bits per heavy atom. The largest absolute Gasteiger partial charge is 0.357 e. The van der Waals surface area contributed by atoms with Crippen molar-refractivity contribution in [1.29, 1.82) is 0 Å². The molecule has 0 saturated carbocycles. The topological polar surface area (TPSA) is 39.7 Å². The van der Waals surface area contributed by atoms with E-state index in [0.29, 0.717) is 24.7 Å². The number of halogens is 2. The molecule has 1 aromatic rings. The Morgan fingerprint density at radius 2 is 2.00 bits per heavy atom. The Bertz CT molecular complexity index is 475.